The van der Waals surface area contributed by atoms with Crippen molar-refractivity contribution >= 4 is 11.9 Å². The van der Waals surface area contributed by atoms with Crippen LogP contribution < -0.4 is 5.32 Å². The second kappa shape index (κ2) is 49.0. The number of unbranched alkanes of at least 4 members (excludes halogenated alkanes) is 35. The lowest BCUT2D eigenvalue weighted by Crippen LogP contribution is -2.45. The molecule has 0 bridgehead atoms. The highest BCUT2D eigenvalue weighted by atomic mass is 16.5. The molecule has 2 unspecified atom stereocenters. The Labute approximate surface area is 367 Å². The number of carbonyl (C=O) groups excluding carboxylic acids is 2. The summed E-state index contributed by atoms with van der Waals surface area (Å²) in [6.45, 7) is 4.85. The molecule has 0 saturated heterocycles. The molecular formula is C53H101NO5. The van der Waals surface area contributed by atoms with Crippen LogP contribution in [0.5, 0.6) is 0 Å². The van der Waals surface area contributed by atoms with Crippen molar-refractivity contribution in [3.8, 4) is 0 Å². The number of nitrogens with one attached hydrogen (secondary N) is 1. The zero-order chi connectivity index (χ0) is 43.0. The maximum Gasteiger partial charge on any atom is 0.305 e. The van der Waals surface area contributed by atoms with E-state index in [-0.39, 0.29) is 18.5 Å². The van der Waals surface area contributed by atoms with Crippen LogP contribution in [0.15, 0.2) is 24.3 Å². The van der Waals surface area contributed by atoms with Gasteiger partial charge in [0.15, 0.2) is 0 Å². The number of hydrogen-bond donors (Lipinski definition) is 3. The second-order valence-corrected chi connectivity index (χ2v) is 17.9. The van der Waals surface area contributed by atoms with E-state index in [1.807, 2.05) is 6.08 Å². The van der Waals surface area contributed by atoms with Crippen molar-refractivity contribution in [3.05, 3.63) is 24.3 Å². The van der Waals surface area contributed by atoms with E-state index < -0.39 is 12.1 Å². The monoisotopic (exact) mass is 832 g/mol. The van der Waals surface area contributed by atoms with E-state index in [1.54, 1.807) is 6.08 Å². The van der Waals surface area contributed by atoms with Gasteiger partial charge in [-0.3, -0.25) is 9.59 Å². The van der Waals surface area contributed by atoms with E-state index in [9.17, 15) is 19.8 Å². The molecule has 0 saturated carbocycles. The number of aliphatic hydroxyl groups is 2. The maximum atomic E-state index is 12.4. The van der Waals surface area contributed by atoms with Gasteiger partial charge in [-0.25, -0.2) is 0 Å². The Bertz CT molecular complexity index is 920. The minimum atomic E-state index is -0.852. The van der Waals surface area contributed by atoms with Crippen molar-refractivity contribution in [1.82, 2.24) is 5.32 Å². The average Bonchev–Trinajstić information content (AvgIpc) is 3.24. The highest BCUT2D eigenvalue weighted by Crippen LogP contribution is 2.16. The maximum absolute atomic E-state index is 12.4. The minimum absolute atomic E-state index is 0.00786. The molecule has 1 amide bonds. The van der Waals surface area contributed by atoms with Gasteiger partial charge in [0.05, 0.1) is 25.4 Å². The van der Waals surface area contributed by atoms with Gasteiger partial charge in [0, 0.05) is 12.8 Å². The zero-order valence-electron chi connectivity index (χ0n) is 39.5. The first kappa shape index (κ1) is 57.3. The van der Waals surface area contributed by atoms with E-state index in [1.165, 1.54) is 180 Å². The molecule has 6 nitrogen and oxygen atoms in total. The Kier molecular flexibility index (Phi) is 47.6. The van der Waals surface area contributed by atoms with Gasteiger partial charge in [0.1, 0.15) is 0 Å². The summed E-state index contributed by atoms with van der Waals surface area (Å²) in [5.41, 5.74) is 0. The molecule has 348 valence electrons. The third kappa shape index (κ3) is 45.7. The summed E-state index contributed by atoms with van der Waals surface area (Å²) in [5, 5.41) is 22.9. The van der Waals surface area contributed by atoms with Gasteiger partial charge in [-0.1, -0.05) is 231 Å². The lowest BCUT2D eigenvalue weighted by Gasteiger charge is -2.20. The molecule has 0 spiro atoms. The number of amides is 1. The van der Waals surface area contributed by atoms with Gasteiger partial charge >= 0.3 is 5.97 Å². The van der Waals surface area contributed by atoms with E-state index in [2.05, 4.69) is 31.3 Å². The minimum Gasteiger partial charge on any atom is -0.466 e. The molecule has 59 heavy (non-hydrogen) atoms. The molecular weight excluding hydrogens is 731 g/mol. The Hall–Kier alpha value is -1.66. The van der Waals surface area contributed by atoms with Crippen LogP contribution in [0.2, 0.25) is 0 Å². The molecule has 0 aromatic rings. The molecule has 0 fully saturated rings. The van der Waals surface area contributed by atoms with E-state index in [0.29, 0.717) is 19.4 Å². The normalized spacial score (nSPS) is 12.8. The van der Waals surface area contributed by atoms with Crippen LogP contribution in [0.4, 0.5) is 0 Å². The average molecular weight is 832 g/mol. The van der Waals surface area contributed by atoms with Crippen LogP contribution in [0.25, 0.3) is 0 Å². The Morgan fingerprint density at radius 2 is 0.797 bits per heavy atom. The number of aliphatic hydroxyl groups excluding tert-OH is 2. The Morgan fingerprint density at radius 3 is 1.20 bits per heavy atom. The fraction of sp³-hybridized carbons (Fsp3) is 0.887. The van der Waals surface area contributed by atoms with Gasteiger partial charge < -0.3 is 20.3 Å². The molecule has 0 radical (unpaired) electrons. The lowest BCUT2D eigenvalue weighted by atomic mass is 10.0. The number of ether oxygens (including phenoxy) is 1. The van der Waals surface area contributed by atoms with Gasteiger partial charge in [-0.2, -0.15) is 0 Å². The quantitative estimate of drug-likeness (QED) is 0.0322. The smallest absolute Gasteiger partial charge is 0.305 e. The first-order chi connectivity index (χ1) is 29.0. The van der Waals surface area contributed by atoms with Gasteiger partial charge in [-0.05, 0) is 57.8 Å². The summed E-state index contributed by atoms with van der Waals surface area (Å²) in [7, 11) is 0. The topological polar surface area (TPSA) is 95.9 Å². The van der Waals surface area contributed by atoms with E-state index in [0.717, 1.165) is 70.6 Å². The molecule has 0 aromatic carbocycles. The van der Waals surface area contributed by atoms with Crippen LogP contribution in [0, 0.1) is 0 Å². The van der Waals surface area contributed by atoms with Crippen LogP contribution in [0.1, 0.15) is 277 Å². The Balaban J connectivity index is 3.45. The first-order valence-corrected chi connectivity index (χ1v) is 26.1. The van der Waals surface area contributed by atoms with Crippen LogP contribution >= 0.6 is 0 Å². The number of allylic oxidation sites excluding steroid dienone is 3. The Morgan fingerprint density at radius 1 is 0.458 bits per heavy atom. The van der Waals surface area contributed by atoms with Crippen LogP contribution in [-0.4, -0.2) is 47.4 Å². The molecule has 6 heteroatoms. The van der Waals surface area contributed by atoms with Gasteiger partial charge in [0.2, 0.25) is 5.91 Å². The molecule has 0 aliphatic heterocycles. The largest absolute Gasteiger partial charge is 0.466 e. The fourth-order valence-corrected chi connectivity index (χ4v) is 7.92. The predicted octanol–water partition coefficient (Wildman–Crippen LogP) is 15.5. The van der Waals surface area contributed by atoms with Crippen molar-refractivity contribution in [2.24, 2.45) is 0 Å². The second-order valence-electron chi connectivity index (χ2n) is 17.9. The highest BCUT2D eigenvalue weighted by molar-refractivity contribution is 5.76. The van der Waals surface area contributed by atoms with Crippen molar-refractivity contribution < 1.29 is 24.5 Å². The molecule has 0 aromatic heterocycles. The fourth-order valence-electron chi connectivity index (χ4n) is 7.92. The van der Waals surface area contributed by atoms with Crippen LogP contribution in [-0.2, 0) is 14.3 Å². The van der Waals surface area contributed by atoms with E-state index in [4.69, 9.17) is 4.74 Å². The molecule has 3 N–H and O–H groups in total. The van der Waals surface area contributed by atoms with Crippen molar-refractivity contribution in [2.75, 3.05) is 13.2 Å². The summed E-state index contributed by atoms with van der Waals surface area (Å²) >= 11 is 0. The van der Waals surface area contributed by atoms with Crippen molar-refractivity contribution in [3.63, 3.8) is 0 Å². The SMILES string of the molecule is CCCCCCCCCC/C=C/C(O)C(CO)NC(=O)CCCCCCCCC/C=C\CCCCCCOC(=O)CCCCCCCCCCCCCCCCCCC. The van der Waals surface area contributed by atoms with Gasteiger partial charge in [-0.15, -0.1) is 0 Å². The lowest BCUT2D eigenvalue weighted by molar-refractivity contribution is -0.143. The summed E-state index contributed by atoms with van der Waals surface area (Å²) in [6.07, 6.45) is 57.6. The number of carbonyl (C=O) groups is 2. The molecule has 0 heterocycles. The summed E-state index contributed by atoms with van der Waals surface area (Å²) < 4.78 is 5.46. The first-order valence-electron chi connectivity index (χ1n) is 26.1. The summed E-state index contributed by atoms with van der Waals surface area (Å²) in [6, 6.07) is -0.637. The highest BCUT2D eigenvalue weighted by Gasteiger charge is 2.18. The molecule has 2 atom stereocenters. The number of hydrogen-bond acceptors (Lipinski definition) is 5. The molecule has 0 rings (SSSR count). The molecule has 0 aliphatic rings. The van der Waals surface area contributed by atoms with Crippen LogP contribution in [0.3, 0.4) is 0 Å². The van der Waals surface area contributed by atoms with Crippen molar-refractivity contribution in [1.29, 1.82) is 0 Å². The van der Waals surface area contributed by atoms with Crippen molar-refractivity contribution in [2.45, 2.75) is 289 Å². The third-order valence-electron chi connectivity index (χ3n) is 12.0. The zero-order valence-corrected chi connectivity index (χ0v) is 39.5. The predicted molar refractivity (Wildman–Crippen MR) is 255 cm³/mol. The number of esters is 1. The summed E-state index contributed by atoms with van der Waals surface area (Å²) in [5.74, 6) is -0.0930. The third-order valence-corrected chi connectivity index (χ3v) is 12.0. The number of rotatable bonds is 48. The summed E-state index contributed by atoms with van der Waals surface area (Å²) in [4.78, 5) is 24.4. The standard InChI is InChI=1S/C53H101NO5/c1-3-5-7-9-11-13-15-16-17-18-21-24-27-31-35-39-43-47-53(58)59-48-44-40-36-32-28-25-22-19-20-23-26-30-34-38-42-46-52(57)54-50(49-55)51(56)45-41-37-33-29-14-12-10-8-6-4-2/h22,25,41,45,50-51,55-56H,3-21,23-24,26-40,42-44,46-49H2,1-2H3,(H,54,57)/b25-22-,45-41+. The van der Waals surface area contributed by atoms with E-state index >= 15 is 0 Å². The van der Waals surface area contributed by atoms with Gasteiger partial charge in [0.25, 0.3) is 0 Å². The molecule has 0 aliphatic carbocycles.